The number of aromatic nitrogens is 1. The fourth-order valence-corrected chi connectivity index (χ4v) is 5.43. The molecule has 0 amide bonds. The van der Waals surface area contributed by atoms with Gasteiger partial charge in [-0.1, -0.05) is 60.2 Å². The summed E-state index contributed by atoms with van der Waals surface area (Å²) in [6.07, 6.45) is 0. The molecule has 0 aliphatic rings. The van der Waals surface area contributed by atoms with Gasteiger partial charge in [0.1, 0.15) is 5.75 Å². The third-order valence-corrected chi connectivity index (χ3v) is 7.62. The van der Waals surface area contributed by atoms with Crippen molar-refractivity contribution in [3.8, 4) is 11.4 Å². The number of aryl methyl sites for hydroxylation is 2. The molecule has 5 aromatic rings. The number of phenolic OH excluding ortho intramolecular Hbond substituents is 1. The van der Waals surface area contributed by atoms with Gasteiger partial charge in [0.2, 0.25) is 0 Å². The molecule has 0 aliphatic heterocycles. The Morgan fingerprint density at radius 3 is 2.09 bits per heavy atom. The number of nitrogens with zero attached hydrogens (tertiary/aromatic N) is 1. The predicted octanol–water partition coefficient (Wildman–Crippen LogP) is 6.22. The first-order valence-electron chi connectivity index (χ1n) is 10.7. The minimum atomic E-state index is -3.82. The van der Waals surface area contributed by atoms with Crippen molar-refractivity contribution in [1.29, 1.82) is 0 Å². The fraction of sp³-hybridized carbons (Fsp3) is 0.111. The highest BCUT2D eigenvalue weighted by atomic mass is 32.2. The first-order valence-corrected chi connectivity index (χ1v) is 12.2. The van der Waals surface area contributed by atoms with Crippen LogP contribution in [0.4, 0.5) is 5.69 Å². The summed E-state index contributed by atoms with van der Waals surface area (Å²) in [5, 5.41) is 13.6. The van der Waals surface area contributed by atoms with E-state index in [1.165, 1.54) is 0 Å². The van der Waals surface area contributed by atoms with Crippen molar-refractivity contribution >= 4 is 37.4 Å². The van der Waals surface area contributed by atoms with Crippen molar-refractivity contribution < 1.29 is 13.5 Å². The molecule has 6 heteroatoms. The third kappa shape index (κ3) is 3.43. The van der Waals surface area contributed by atoms with Crippen molar-refractivity contribution in [2.45, 2.75) is 25.7 Å². The molecule has 0 saturated carbocycles. The maximum atomic E-state index is 13.2. The number of benzene rings is 4. The molecule has 2 N–H and O–H groups in total. The SMILES string of the molecule is Cc1ccc(S(=O)(=O)Nc2cc(-n3c(C)c(C)c4ccccc43)c(O)c3ccccc23)cc1. The number of phenols is 1. The number of nitrogens with one attached hydrogen (secondary N) is 1. The lowest BCUT2D eigenvalue weighted by molar-refractivity contribution is 0.479. The van der Waals surface area contributed by atoms with Crippen LogP contribution in [0.5, 0.6) is 5.75 Å². The van der Waals surface area contributed by atoms with Crippen LogP contribution in [0, 0.1) is 20.8 Å². The summed E-state index contributed by atoms with van der Waals surface area (Å²) in [5.41, 5.74) is 4.96. The van der Waals surface area contributed by atoms with Gasteiger partial charge in [-0.25, -0.2) is 8.42 Å². The zero-order chi connectivity index (χ0) is 23.3. The number of rotatable bonds is 4. The van der Waals surface area contributed by atoms with Gasteiger partial charge in [0.05, 0.1) is 21.8 Å². The molecule has 0 radical (unpaired) electrons. The molecular weight excluding hydrogens is 432 g/mol. The molecular formula is C27H24N2O3S. The van der Waals surface area contributed by atoms with Gasteiger partial charge in [-0.05, 0) is 50.6 Å². The van der Waals surface area contributed by atoms with Crippen LogP contribution in [-0.4, -0.2) is 18.1 Å². The lowest BCUT2D eigenvalue weighted by atomic mass is 10.1. The average Bonchev–Trinajstić information content (AvgIpc) is 3.06. The highest BCUT2D eigenvalue weighted by Gasteiger charge is 2.21. The number of fused-ring (bicyclic) bond motifs is 2. The summed E-state index contributed by atoms with van der Waals surface area (Å²) in [5.74, 6) is 0.104. The second-order valence-electron chi connectivity index (χ2n) is 8.32. The predicted molar refractivity (Wildman–Crippen MR) is 134 cm³/mol. The van der Waals surface area contributed by atoms with Gasteiger partial charge in [-0.15, -0.1) is 0 Å². The highest BCUT2D eigenvalue weighted by molar-refractivity contribution is 7.92. The summed E-state index contributed by atoms with van der Waals surface area (Å²) >= 11 is 0. The molecule has 0 unspecified atom stereocenters. The normalized spacial score (nSPS) is 11.8. The van der Waals surface area contributed by atoms with Gasteiger partial charge >= 0.3 is 0 Å². The molecule has 33 heavy (non-hydrogen) atoms. The van der Waals surface area contributed by atoms with Crippen molar-refractivity contribution in [3.05, 3.63) is 95.7 Å². The molecule has 0 atom stereocenters. The molecule has 0 saturated heterocycles. The van der Waals surface area contributed by atoms with E-state index in [4.69, 9.17) is 0 Å². The van der Waals surface area contributed by atoms with E-state index in [0.29, 0.717) is 22.1 Å². The van der Waals surface area contributed by atoms with E-state index < -0.39 is 10.0 Å². The second kappa shape index (κ2) is 7.67. The summed E-state index contributed by atoms with van der Waals surface area (Å²) in [4.78, 5) is 0.185. The molecule has 0 fully saturated rings. The maximum Gasteiger partial charge on any atom is 0.261 e. The van der Waals surface area contributed by atoms with Crippen molar-refractivity contribution in [1.82, 2.24) is 4.57 Å². The number of sulfonamides is 1. The quantitative estimate of drug-likeness (QED) is 0.316. The fourth-order valence-electron chi connectivity index (χ4n) is 4.36. The van der Waals surface area contributed by atoms with E-state index in [0.717, 1.165) is 27.7 Å². The molecule has 1 aromatic heterocycles. The zero-order valence-electron chi connectivity index (χ0n) is 18.6. The molecule has 4 aromatic carbocycles. The largest absolute Gasteiger partial charge is 0.505 e. The van der Waals surface area contributed by atoms with Crippen LogP contribution in [0.25, 0.3) is 27.4 Å². The number of hydrogen-bond donors (Lipinski definition) is 2. The number of aromatic hydroxyl groups is 1. The van der Waals surface area contributed by atoms with Crippen LogP contribution < -0.4 is 4.72 Å². The van der Waals surface area contributed by atoms with E-state index >= 15 is 0 Å². The van der Waals surface area contributed by atoms with Gasteiger partial charge in [0.15, 0.2) is 0 Å². The third-order valence-electron chi connectivity index (χ3n) is 6.24. The Morgan fingerprint density at radius 2 is 1.39 bits per heavy atom. The Balaban J connectivity index is 1.76. The van der Waals surface area contributed by atoms with Crippen LogP contribution >= 0.6 is 0 Å². The monoisotopic (exact) mass is 456 g/mol. The lowest BCUT2D eigenvalue weighted by Crippen LogP contribution is -2.13. The Morgan fingerprint density at radius 1 is 0.788 bits per heavy atom. The van der Waals surface area contributed by atoms with Crippen molar-refractivity contribution in [2.24, 2.45) is 0 Å². The molecule has 5 nitrogen and oxygen atoms in total. The Hall–Kier alpha value is -3.77. The van der Waals surface area contributed by atoms with Crippen molar-refractivity contribution in [2.75, 3.05) is 4.72 Å². The van der Waals surface area contributed by atoms with Crippen LogP contribution in [0.3, 0.4) is 0 Å². The number of anilines is 1. The van der Waals surface area contributed by atoms with E-state index in [1.54, 1.807) is 42.5 Å². The Bertz CT molecular complexity index is 1630. The number of para-hydroxylation sites is 1. The number of hydrogen-bond acceptors (Lipinski definition) is 3. The van der Waals surface area contributed by atoms with E-state index in [9.17, 15) is 13.5 Å². The van der Waals surface area contributed by atoms with Gasteiger partial charge in [0, 0.05) is 21.9 Å². The molecule has 0 spiro atoms. The van der Waals surface area contributed by atoms with Gasteiger partial charge in [-0.2, -0.15) is 0 Å². The molecule has 0 aliphatic carbocycles. The van der Waals surface area contributed by atoms with Crippen LogP contribution in [0.15, 0.2) is 83.8 Å². The van der Waals surface area contributed by atoms with Gasteiger partial charge < -0.3 is 9.67 Å². The lowest BCUT2D eigenvalue weighted by Gasteiger charge is -2.17. The van der Waals surface area contributed by atoms with Gasteiger partial charge in [0.25, 0.3) is 10.0 Å². The first kappa shape index (κ1) is 21.1. The van der Waals surface area contributed by atoms with Crippen LogP contribution in [-0.2, 0) is 10.0 Å². The molecule has 1 heterocycles. The zero-order valence-corrected chi connectivity index (χ0v) is 19.4. The Kier molecular flexibility index (Phi) is 4.91. The molecule has 166 valence electrons. The van der Waals surface area contributed by atoms with E-state index in [1.807, 2.05) is 61.7 Å². The second-order valence-corrected chi connectivity index (χ2v) is 10.0. The minimum absolute atomic E-state index is 0.104. The topological polar surface area (TPSA) is 71.3 Å². The smallest absolute Gasteiger partial charge is 0.261 e. The van der Waals surface area contributed by atoms with Crippen molar-refractivity contribution in [3.63, 3.8) is 0 Å². The van der Waals surface area contributed by atoms with E-state index in [2.05, 4.69) is 4.72 Å². The molecule has 0 bridgehead atoms. The van der Waals surface area contributed by atoms with Crippen LogP contribution in [0.2, 0.25) is 0 Å². The van der Waals surface area contributed by atoms with Gasteiger partial charge in [-0.3, -0.25) is 4.72 Å². The summed E-state index contributed by atoms with van der Waals surface area (Å²) in [7, 11) is -3.82. The standard InChI is InChI=1S/C27H24N2O3S/c1-17-12-14-20(15-13-17)33(31,32)28-24-16-26(27(30)23-10-5-4-9-22(23)24)29-19(3)18(2)21-8-6-7-11-25(21)29/h4-16,28,30H,1-3H3. The average molecular weight is 457 g/mol. The Labute approximate surface area is 193 Å². The highest BCUT2D eigenvalue weighted by Crippen LogP contribution is 2.40. The van der Waals surface area contributed by atoms with E-state index in [-0.39, 0.29) is 10.6 Å². The summed E-state index contributed by atoms with van der Waals surface area (Å²) in [6, 6.07) is 23.7. The summed E-state index contributed by atoms with van der Waals surface area (Å²) in [6.45, 7) is 5.96. The van der Waals surface area contributed by atoms with Crippen LogP contribution in [0.1, 0.15) is 16.8 Å². The maximum absolute atomic E-state index is 13.2. The summed E-state index contributed by atoms with van der Waals surface area (Å²) < 4.78 is 31.1. The minimum Gasteiger partial charge on any atom is -0.505 e. The first-order chi connectivity index (χ1) is 15.8. The molecule has 5 rings (SSSR count).